The third-order valence-corrected chi connectivity index (χ3v) is 2.51. The van der Waals surface area contributed by atoms with Crippen molar-refractivity contribution in [3.05, 3.63) is 0 Å². The molecule has 0 aliphatic carbocycles. The Balaban J connectivity index is 3.18. The van der Waals surface area contributed by atoms with E-state index in [9.17, 15) is 9.59 Å². The van der Waals surface area contributed by atoms with Gasteiger partial charge < -0.3 is 19.9 Å². The third-order valence-electron chi connectivity index (χ3n) is 2.51. The van der Waals surface area contributed by atoms with Gasteiger partial charge in [0.05, 0.1) is 13.2 Å². The molecular weight excluding hydrogens is 250 g/mol. The molecule has 1 amide bonds. The summed E-state index contributed by atoms with van der Waals surface area (Å²) in [5.41, 5.74) is 0. The number of methoxy groups -OCH3 is 1. The van der Waals surface area contributed by atoms with Gasteiger partial charge in [-0.2, -0.15) is 0 Å². The maximum absolute atomic E-state index is 11.4. The minimum Gasteiger partial charge on any atom is -0.481 e. The van der Waals surface area contributed by atoms with Gasteiger partial charge in [-0.3, -0.25) is 9.59 Å². The first kappa shape index (κ1) is 17.9. The molecule has 6 heteroatoms. The van der Waals surface area contributed by atoms with Crippen LogP contribution in [0.5, 0.6) is 0 Å². The van der Waals surface area contributed by atoms with Crippen LogP contribution in [0.2, 0.25) is 0 Å². The lowest BCUT2D eigenvalue weighted by Crippen LogP contribution is -2.24. The zero-order valence-corrected chi connectivity index (χ0v) is 11.7. The van der Waals surface area contributed by atoms with Gasteiger partial charge in [-0.15, -0.1) is 0 Å². The van der Waals surface area contributed by atoms with Crippen LogP contribution in [0.1, 0.15) is 38.5 Å². The topological polar surface area (TPSA) is 84.9 Å². The summed E-state index contributed by atoms with van der Waals surface area (Å²) in [4.78, 5) is 21.6. The van der Waals surface area contributed by atoms with Gasteiger partial charge in [0, 0.05) is 33.1 Å². The highest BCUT2D eigenvalue weighted by molar-refractivity contribution is 5.75. The first-order chi connectivity index (χ1) is 9.16. The van der Waals surface area contributed by atoms with Crippen molar-refractivity contribution in [2.45, 2.75) is 38.5 Å². The van der Waals surface area contributed by atoms with Crippen molar-refractivity contribution in [1.29, 1.82) is 0 Å². The van der Waals surface area contributed by atoms with Crippen LogP contribution < -0.4 is 5.32 Å². The largest absolute Gasteiger partial charge is 0.481 e. The Morgan fingerprint density at radius 1 is 1.00 bits per heavy atom. The molecule has 6 nitrogen and oxygen atoms in total. The van der Waals surface area contributed by atoms with Gasteiger partial charge in [0.25, 0.3) is 0 Å². The number of nitrogens with one attached hydrogen (secondary N) is 1. The van der Waals surface area contributed by atoms with Crippen LogP contribution in [0.4, 0.5) is 0 Å². The fraction of sp³-hybridized carbons (Fsp3) is 0.846. The van der Waals surface area contributed by atoms with Crippen LogP contribution in [0.3, 0.4) is 0 Å². The second-order valence-electron chi connectivity index (χ2n) is 4.26. The highest BCUT2D eigenvalue weighted by Crippen LogP contribution is 1.99. The van der Waals surface area contributed by atoms with Crippen LogP contribution in [0.15, 0.2) is 0 Å². The number of ether oxygens (including phenoxy) is 2. The van der Waals surface area contributed by atoms with E-state index in [0.29, 0.717) is 45.6 Å². The number of hydrogen-bond donors (Lipinski definition) is 2. The van der Waals surface area contributed by atoms with E-state index in [1.165, 1.54) is 0 Å². The van der Waals surface area contributed by atoms with E-state index in [4.69, 9.17) is 14.6 Å². The molecule has 0 spiro atoms. The van der Waals surface area contributed by atoms with Gasteiger partial charge in [0.15, 0.2) is 0 Å². The molecule has 0 heterocycles. The summed E-state index contributed by atoms with van der Waals surface area (Å²) in [6.07, 6.45) is 3.49. The number of unbranched alkanes of at least 4 members (excludes halogenated alkanes) is 2. The van der Waals surface area contributed by atoms with Gasteiger partial charge >= 0.3 is 5.97 Å². The monoisotopic (exact) mass is 275 g/mol. The van der Waals surface area contributed by atoms with Gasteiger partial charge in [-0.25, -0.2) is 0 Å². The Hall–Kier alpha value is -1.14. The van der Waals surface area contributed by atoms with Crippen LogP contribution in [0, 0.1) is 0 Å². The molecule has 0 bridgehead atoms. The SMILES string of the molecule is COCCOCCCCNC(=O)CCCCC(=O)O. The molecule has 0 aliphatic rings. The Morgan fingerprint density at radius 2 is 1.74 bits per heavy atom. The van der Waals surface area contributed by atoms with Crippen molar-refractivity contribution >= 4 is 11.9 Å². The highest BCUT2D eigenvalue weighted by atomic mass is 16.5. The summed E-state index contributed by atoms with van der Waals surface area (Å²) < 4.78 is 10.1. The van der Waals surface area contributed by atoms with Crippen molar-refractivity contribution in [2.75, 3.05) is 33.5 Å². The smallest absolute Gasteiger partial charge is 0.303 e. The summed E-state index contributed by atoms with van der Waals surface area (Å²) >= 11 is 0. The number of carbonyl (C=O) groups is 2. The zero-order valence-electron chi connectivity index (χ0n) is 11.7. The maximum atomic E-state index is 11.4. The molecule has 0 fully saturated rings. The Bertz CT molecular complexity index is 245. The molecule has 2 N–H and O–H groups in total. The number of rotatable bonds is 13. The fourth-order valence-corrected chi connectivity index (χ4v) is 1.45. The fourth-order valence-electron chi connectivity index (χ4n) is 1.45. The Morgan fingerprint density at radius 3 is 2.42 bits per heavy atom. The number of amides is 1. The van der Waals surface area contributed by atoms with E-state index >= 15 is 0 Å². The molecule has 0 saturated carbocycles. The quantitative estimate of drug-likeness (QED) is 0.493. The first-order valence-corrected chi connectivity index (χ1v) is 6.72. The summed E-state index contributed by atoms with van der Waals surface area (Å²) in [5.74, 6) is -0.820. The van der Waals surface area contributed by atoms with Crippen molar-refractivity contribution in [3.63, 3.8) is 0 Å². The van der Waals surface area contributed by atoms with Gasteiger partial charge in [-0.1, -0.05) is 0 Å². The number of hydrogen-bond acceptors (Lipinski definition) is 4. The molecule has 0 aromatic rings. The van der Waals surface area contributed by atoms with Gasteiger partial charge in [0.1, 0.15) is 0 Å². The Kier molecular flexibility index (Phi) is 12.5. The second-order valence-corrected chi connectivity index (χ2v) is 4.26. The molecule has 112 valence electrons. The van der Waals surface area contributed by atoms with Crippen LogP contribution in [-0.2, 0) is 19.1 Å². The van der Waals surface area contributed by atoms with E-state index in [0.717, 1.165) is 12.8 Å². The summed E-state index contributed by atoms with van der Waals surface area (Å²) in [5, 5.41) is 11.2. The van der Waals surface area contributed by atoms with Crippen molar-refractivity contribution < 1.29 is 24.2 Å². The molecule has 0 aliphatic heterocycles. The summed E-state index contributed by atoms with van der Waals surface area (Å²) in [7, 11) is 1.63. The molecular formula is C13H25NO5. The van der Waals surface area contributed by atoms with E-state index < -0.39 is 5.97 Å². The second kappa shape index (κ2) is 13.3. The molecule has 0 radical (unpaired) electrons. The lowest BCUT2D eigenvalue weighted by atomic mass is 10.2. The molecule has 0 aromatic heterocycles. The summed E-state index contributed by atoms with van der Waals surface area (Å²) in [6.45, 7) is 2.53. The standard InChI is InChI=1S/C13H25NO5/c1-18-10-11-19-9-5-4-8-14-12(15)6-2-3-7-13(16)17/h2-11H2,1H3,(H,14,15)(H,16,17). The molecule has 0 atom stereocenters. The summed E-state index contributed by atoms with van der Waals surface area (Å²) in [6, 6.07) is 0. The number of carboxylic acid groups (broad SMARTS) is 1. The van der Waals surface area contributed by atoms with Crippen molar-refractivity contribution in [2.24, 2.45) is 0 Å². The first-order valence-electron chi connectivity index (χ1n) is 6.72. The number of aliphatic carboxylic acids is 1. The normalized spacial score (nSPS) is 10.4. The van der Waals surface area contributed by atoms with Crippen LogP contribution in [-0.4, -0.2) is 50.5 Å². The molecule has 0 rings (SSSR count). The van der Waals surface area contributed by atoms with Gasteiger partial charge in [0.2, 0.25) is 5.91 Å². The predicted molar refractivity (Wildman–Crippen MR) is 71.0 cm³/mol. The highest BCUT2D eigenvalue weighted by Gasteiger charge is 2.02. The minimum atomic E-state index is -0.811. The van der Waals surface area contributed by atoms with E-state index in [2.05, 4.69) is 5.32 Å². The van der Waals surface area contributed by atoms with Crippen LogP contribution >= 0.6 is 0 Å². The minimum absolute atomic E-state index is 0.00862. The average molecular weight is 275 g/mol. The molecule has 19 heavy (non-hydrogen) atoms. The van der Waals surface area contributed by atoms with Crippen molar-refractivity contribution in [1.82, 2.24) is 5.32 Å². The number of carbonyl (C=O) groups excluding carboxylic acids is 1. The van der Waals surface area contributed by atoms with E-state index in [1.807, 2.05) is 0 Å². The van der Waals surface area contributed by atoms with E-state index in [-0.39, 0.29) is 12.3 Å². The lowest BCUT2D eigenvalue weighted by Gasteiger charge is -2.05. The third kappa shape index (κ3) is 14.8. The molecule has 0 aromatic carbocycles. The van der Waals surface area contributed by atoms with Crippen molar-refractivity contribution in [3.8, 4) is 0 Å². The molecule has 0 saturated heterocycles. The van der Waals surface area contributed by atoms with E-state index in [1.54, 1.807) is 7.11 Å². The van der Waals surface area contributed by atoms with Crippen LogP contribution in [0.25, 0.3) is 0 Å². The lowest BCUT2D eigenvalue weighted by molar-refractivity contribution is -0.137. The average Bonchev–Trinajstić information content (AvgIpc) is 2.37. The maximum Gasteiger partial charge on any atom is 0.303 e. The zero-order chi connectivity index (χ0) is 14.3. The predicted octanol–water partition coefficient (Wildman–Crippen LogP) is 1.19. The molecule has 0 unspecified atom stereocenters. The number of carboxylic acids is 1. The Labute approximate surface area is 114 Å². The van der Waals surface area contributed by atoms with Gasteiger partial charge in [-0.05, 0) is 25.7 Å².